The molecule has 0 saturated carbocycles. The molecule has 0 amide bonds. The molecule has 1 rings (SSSR count). The van der Waals surface area contributed by atoms with Crippen molar-refractivity contribution in [1.82, 2.24) is 0 Å². The molecule has 0 unspecified atom stereocenters. The van der Waals surface area contributed by atoms with Gasteiger partial charge in [-0.25, -0.2) is 0 Å². The normalized spacial score (nSPS) is 10.5. The van der Waals surface area contributed by atoms with Crippen LogP contribution in [-0.2, 0) is 4.79 Å². The SMILES string of the molecule is CCC(=O)/C=C/c1ccccc1C(C)=O. The van der Waals surface area contributed by atoms with E-state index >= 15 is 0 Å². The Balaban J connectivity index is 2.99. The molecule has 78 valence electrons. The molecule has 0 saturated heterocycles. The molecule has 0 radical (unpaired) electrons. The number of rotatable bonds is 4. The minimum atomic E-state index is 0.0131. The van der Waals surface area contributed by atoms with E-state index < -0.39 is 0 Å². The lowest BCUT2D eigenvalue weighted by Crippen LogP contribution is -1.95. The van der Waals surface area contributed by atoms with E-state index in [0.29, 0.717) is 12.0 Å². The quantitative estimate of drug-likeness (QED) is 0.555. The van der Waals surface area contributed by atoms with E-state index in [-0.39, 0.29) is 11.6 Å². The van der Waals surface area contributed by atoms with Crippen molar-refractivity contribution in [3.05, 3.63) is 41.5 Å². The summed E-state index contributed by atoms with van der Waals surface area (Å²) in [5.74, 6) is 0.0764. The molecule has 0 aliphatic carbocycles. The molecule has 0 aromatic heterocycles. The Hall–Kier alpha value is -1.70. The van der Waals surface area contributed by atoms with Crippen molar-refractivity contribution < 1.29 is 9.59 Å². The van der Waals surface area contributed by atoms with E-state index in [0.717, 1.165) is 5.56 Å². The van der Waals surface area contributed by atoms with Gasteiger partial charge in [0.1, 0.15) is 0 Å². The van der Waals surface area contributed by atoms with Crippen LogP contribution in [0.4, 0.5) is 0 Å². The zero-order valence-electron chi connectivity index (χ0n) is 8.99. The van der Waals surface area contributed by atoms with Gasteiger partial charge in [0.05, 0.1) is 0 Å². The minimum absolute atomic E-state index is 0.0131. The van der Waals surface area contributed by atoms with Crippen LogP contribution in [0.3, 0.4) is 0 Å². The van der Waals surface area contributed by atoms with Crippen LogP contribution in [0, 0.1) is 0 Å². The van der Waals surface area contributed by atoms with Crippen molar-refractivity contribution in [2.75, 3.05) is 0 Å². The largest absolute Gasteiger partial charge is 0.295 e. The summed E-state index contributed by atoms with van der Waals surface area (Å²) in [6.07, 6.45) is 3.70. The van der Waals surface area contributed by atoms with Crippen molar-refractivity contribution in [3.8, 4) is 0 Å². The van der Waals surface area contributed by atoms with Gasteiger partial charge in [-0.3, -0.25) is 9.59 Å². The maximum atomic E-state index is 11.3. The van der Waals surface area contributed by atoms with Gasteiger partial charge in [0.15, 0.2) is 11.6 Å². The van der Waals surface area contributed by atoms with Crippen LogP contribution in [0.25, 0.3) is 6.08 Å². The summed E-state index contributed by atoms with van der Waals surface area (Å²) < 4.78 is 0. The first-order chi connectivity index (χ1) is 7.15. The van der Waals surface area contributed by atoms with Gasteiger partial charge < -0.3 is 0 Å². The summed E-state index contributed by atoms with van der Waals surface area (Å²) in [4.78, 5) is 22.4. The molecule has 2 nitrogen and oxygen atoms in total. The summed E-state index contributed by atoms with van der Waals surface area (Å²) in [6.45, 7) is 3.33. The number of carbonyl (C=O) groups is 2. The maximum absolute atomic E-state index is 11.3. The fourth-order valence-electron chi connectivity index (χ4n) is 1.26. The molecular formula is C13H14O2. The number of allylic oxidation sites excluding steroid dienone is 1. The van der Waals surface area contributed by atoms with Gasteiger partial charge in [-0.05, 0) is 18.6 Å². The summed E-state index contributed by atoms with van der Waals surface area (Å²) in [5, 5.41) is 0. The van der Waals surface area contributed by atoms with E-state index in [1.165, 1.54) is 13.0 Å². The van der Waals surface area contributed by atoms with Crippen LogP contribution >= 0.6 is 0 Å². The third-order valence-corrected chi connectivity index (χ3v) is 2.14. The zero-order chi connectivity index (χ0) is 11.3. The highest BCUT2D eigenvalue weighted by Crippen LogP contribution is 2.11. The Kier molecular flexibility index (Phi) is 3.98. The monoisotopic (exact) mass is 202 g/mol. The summed E-state index contributed by atoms with van der Waals surface area (Å²) in [7, 11) is 0. The lowest BCUT2D eigenvalue weighted by molar-refractivity contribution is -0.114. The molecule has 0 heterocycles. The van der Waals surface area contributed by atoms with Crippen LogP contribution < -0.4 is 0 Å². The van der Waals surface area contributed by atoms with Gasteiger partial charge in [0.25, 0.3) is 0 Å². The molecule has 0 fully saturated rings. The second-order valence-corrected chi connectivity index (χ2v) is 3.30. The van der Waals surface area contributed by atoms with Gasteiger partial charge in [0, 0.05) is 12.0 Å². The average molecular weight is 202 g/mol. The van der Waals surface area contributed by atoms with Crippen LogP contribution in [-0.4, -0.2) is 11.6 Å². The highest BCUT2D eigenvalue weighted by molar-refractivity contribution is 6.00. The Bertz CT molecular complexity index is 403. The number of hydrogen-bond donors (Lipinski definition) is 0. The molecule has 0 atom stereocenters. The number of ketones is 2. The first kappa shape index (κ1) is 11.4. The van der Waals surface area contributed by atoms with Gasteiger partial charge in [0.2, 0.25) is 0 Å². The number of carbonyl (C=O) groups excluding carboxylic acids is 2. The fraction of sp³-hybridized carbons (Fsp3) is 0.231. The van der Waals surface area contributed by atoms with E-state index in [2.05, 4.69) is 0 Å². The maximum Gasteiger partial charge on any atom is 0.160 e. The molecule has 0 aliphatic rings. The first-order valence-corrected chi connectivity index (χ1v) is 4.96. The van der Waals surface area contributed by atoms with Gasteiger partial charge in [-0.2, -0.15) is 0 Å². The minimum Gasteiger partial charge on any atom is -0.295 e. The van der Waals surface area contributed by atoms with Crippen molar-refractivity contribution >= 4 is 17.6 Å². The van der Waals surface area contributed by atoms with Crippen molar-refractivity contribution in [2.45, 2.75) is 20.3 Å². The molecule has 0 bridgehead atoms. The molecule has 1 aromatic carbocycles. The predicted molar refractivity (Wildman–Crippen MR) is 60.8 cm³/mol. The second-order valence-electron chi connectivity index (χ2n) is 3.30. The summed E-state index contributed by atoms with van der Waals surface area (Å²) in [5.41, 5.74) is 1.45. The standard InChI is InChI=1S/C13H14O2/c1-3-12(15)9-8-11-6-4-5-7-13(11)10(2)14/h4-9H,3H2,1-2H3/b9-8+. The lowest BCUT2D eigenvalue weighted by atomic mass is 10.0. The Morgan fingerprint density at radius 3 is 2.53 bits per heavy atom. The third-order valence-electron chi connectivity index (χ3n) is 2.14. The summed E-state index contributed by atoms with van der Waals surface area (Å²) in [6, 6.07) is 7.26. The lowest BCUT2D eigenvalue weighted by Gasteiger charge is -2.00. The van der Waals surface area contributed by atoms with Crippen molar-refractivity contribution in [3.63, 3.8) is 0 Å². The number of hydrogen-bond acceptors (Lipinski definition) is 2. The Labute approximate surface area is 89.6 Å². The van der Waals surface area contributed by atoms with Crippen LogP contribution in [0.2, 0.25) is 0 Å². The fourth-order valence-corrected chi connectivity index (χ4v) is 1.26. The third kappa shape index (κ3) is 3.17. The summed E-state index contributed by atoms with van der Waals surface area (Å²) >= 11 is 0. The van der Waals surface area contributed by atoms with E-state index in [1.54, 1.807) is 12.1 Å². The van der Waals surface area contributed by atoms with Crippen LogP contribution in [0.5, 0.6) is 0 Å². The average Bonchev–Trinajstić information content (AvgIpc) is 2.26. The molecule has 0 N–H and O–H groups in total. The topological polar surface area (TPSA) is 34.1 Å². The van der Waals surface area contributed by atoms with E-state index in [9.17, 15) is 9.59 Å². The Morgan fingerprint density at radius 2 is 1.93 bits per heavy atom. The highest BCUT2D eigenvalue weighted by atomic mass is 16.1. The van der Waals surface area contributed by atoms with Gasteiger partial charge in [-0.15, -0.1) is 0 Å². The van der Waals surface area contributed by atoms with Crippen LogP contribution in [0.15, 0.2) is 30.3 Å². The molecule has 0 aliphatic heterocycles. The molecule has 0 spiro atoms. The molecule has 2 heteroatoms. The van der Waals surface area contributed by atoms with E-state index in [1.807, 2.05) is 25.1 Å². The molecular weight excluding hydrogens is 188 g/mol. The molecule has 1 aromatic rings. The van der Waals surface area contributed by atoms with Gasteiger partial charge >= 0.3 is 0 Å². The van der Waals surface area contributed by atoms with Crippen molar-refractivity contribution in [2.24, 2.45) is 0 Å². The van der Waals surface area contributed by atoms with Crippen LogP contribution in [0.1, 0.15) is 36.2 Å². The van der Waals surface area contributed by atoms with Crippen molar-refractivity contribution in [1.29, 1.82) is 0 Å². The highest BCUT2D eigenvalue weighted by Gasteiger charge is 2.03. The predicted octanol–water partition coefficient (Wildman–Crippen LogP) is 2.88. The second kappa shape index (κ2) is 5.25. The van der Waals surface area contributed by atoms with Gasteiger partial charge in [-0.1, -0.05) is 37.3 Å². The van der Waals surface area contributed by atoms with E-state index in [4.69, 9.17) is 0 Å². The Morgan fingerprint density at radius 1 is 1.27 bits per heavy atom. The molecule has 15 heavy (non-hydrogen) atoms. The number of Topliss-reactive ketones (excluding diaryl/α,β-unsaturated/α-hetero) is 1. The zero-order valence-corrected chi connectivity index (χ0v) is 8.99. The first-order valence-electron chi connectivity index (χ1n) is 4.96. The number of benzene rings is 1. The smallest absolute Gasteiger partial charge is 0.160 e.